The number of amides is 1. The van der Waals surface area contributed by atoms with Crippen molar-refractivity contribution in [2.75, 3.05) is 5.88 Å². The van der Waals surface area contributed by atoms with Crippen molar-refractivity contribution in [1.82, 2.24) is 5.32 Å². The molecule has 2 aromatic rings. The van der Waals surface area contributed by atoms with Crippen molar-refractivity contribution in [2.45, 2.75) is 4.90 Å². The summed E-state index contributed by atoms with van der Waals surface area (Å²) in [4.78, 5) is 11.3. The number of hydrogen-bond acceptors (Lipinski definition) is 2. The molecule has 0 fully saturated rings. The van der Waals surface area contributed by atoms with Gasteiger partial charge in [0.25, 0.3) is 0 Å². The van der Waals surface area contributed by atoms with E-state index in [2.05, 4.69) is 35.6 Å². The summed E-state index contributed by atoms with van der Waals surface area (Å²) in [5.74, 6) is 0.613. The number of rotatable bonds is 4. The minimum atomic E-state index is 0.613. The van der Waals surface area contributed by atoms with Crippen LogP contribution < -0.4 is 5.32 Å². The van der Waals surface area contributed by atoms with Crippen molar-refractivity contribution in [2.24, 2.45) is 0 Å². The minimum absolute atomic E-state index is 0.613. The average Bonchev–Trinajstić information content (AvgIpc) is 2.29. The summed E-state index contributed by atoms with van der Waals surface area (Å²) in [5.41, 5.74) is 0. The highest BCUT2D eigenvalue weighted by atomic mass is 32.2. The Bertz CT molecular complexity index is 470. The fourth-order valence-electron chi connectivity index (χ4n) is 1.42. The largest absolute Gasteiger partial charge is 0.349 e. The molecule has 0 saturated carbocycles. The molecule has 0 radical (unpaired) electrons. The Labute approximate surface area is 92.7 Å². The number of carbonyl (C=O) groups excluding carboxylic acids is 1. The van der Waals surface area contributed by atoms with Crippen LogP contribution in [0.3, 0.4) is 0 Å². The SMILES string of the molecule is O=CNCSc1ccc2ccccc2c1. The molecular weight excluding hydrogens is 206 g/mol. The van der Waals surface area contributed by atoms with Crippen molar-refractivity contribution >= 4 is 28.9 Å². The maximum absolute atomic E-state index is 10.1. The van der Waals surface area contributed by atoms with Gasteiger partial charge in [-0.05, 0) is 22.9 Å². The molecule has 0 aliphatic heterocycles. The second kappa shape index (κ2) is 4.84. The molecule has 1 N–H and O–H groups in total. The maximum Gasteiger partial charge on any atom is 0.207 e. The molecule has 1 amide bonds. The molecule has 3 heteroatoms. The Morgan fingerprint density at radius 3 is 2.73 bits per heavy atom. The fourth-order valence-corrected chi connectivity index (χ4v) is 2.11. The zero-order valence-corrected chi connectivity index (χ0v) is 8.96. The van der Waals surface area contributed by atoms with Gasteiger partial charge in [0.2, 0.25) is 6.41 Å². The molecule has 2 aromatic carbocycles. The Kier molecular flexibility index (Phi) is 3.25. The standard InChI is InChI=1S/C12H11NOS/c14-8-13-9-15-12-6-5-10-3-1-2-4-11(10)7-12/h1-8H,9H2,(H,13,14). The van der Waals surface area contributed by atoms with Crippen LogP contribution in [0.4, 0.5) is 0 Å². The fraction of sp³-hybridized carbons (Fsp3) is 0.0833. The van der Waals surface area contributed by atoms with Crippen molar-refractivity contribution in [3.63, 3.8) is 0 Å². The van der Waals surface area contributed by atoms with Crippen LogP contribution >= 0.6 is 11.8 Å². The summed E-state index contributed by atoms with van der Waals surface area (Å²) < 4.78 is 0. The van der Waals surface area contributed by atoms with Gasteiger partial charge in [0.15, 0.2) is 0 Å². The van der Waals surface area contributed by atoms with Crippen LogP contribution in [-0.4, -0.2) is 12.3 Å². The normalized spacial score (nSPS) is 10.1. The smallest absolute Gasteiger partial charge is 0.207 e. The summed E-state index contributed by atoms with van der Waals surface area (Å²) in [5, 5.41) is 5.10. The first-order valence-corrected chi connectivity index (χ1v) is 5.67. The first-order valence-electron chi connectivity index (χ1n) is 4.69. The molecular formula is C12H11NOS. The average molecular weight is 217 g/mol. The molecule has 76 valence electrons. The topological polar surface area (TPSA) is 29.1 Å². The minimum Gasteiger partial charge on any atom is -0.349 e. The van der Waals surface area contributed by atoms with Gasteiger partial charge < -0.3 is 5.32 Å². The Balaban J connectivity index is 2.19. The van der Waals surface area contributed by atoms with E-state index in [0.29, 0.717) is 12.3 Å². The molecule has 0 aliphatic carbocycles. The van der Waals surface area contributed by atoms with Crippen LogP contribution in [0.25, 0.3) is 10.8 Å². The van der Waals surface area contributed by atoms with Crippen LogP contribution in [0.1, 0.15) is 0 Å². The molecule has 0 atom stereocenters. The van der Waals surface area contributed by atoms with Gasteiger partial charge in [-0.3, -0.25) is 4.79 Å². The van der Waals surface area contributed by atoms with Crippen molar-refractivity contribution in [3.05, 3.63) is 42.5 Å². The lowest BCUT2D eigenvalue weighted by Gasteiger charge is -2.02. The van der Waals surface area contributed by atoms with E-state index in [9.17, 15) is 4.79 Å². The Hall–Kier alpha value is -1.48. The second-order valence-corrected chi connectivity index (χ2v) is 4.17. The highest BCUT2D eigenvalue weighted by molar-refractivity contribution is 7.99. The highest BCUT2D eigenvalue weighted by Gasteiger charge is 1.95. The maximum atomic E-state index is 10.1. The molecule has 2 nitrogen and oxygen atoms in total. The van der Waals surface area contributed by atoms with E-state index in [1.807, 2.05) is 12.1 Å². The monoisotopic (exact) mass is 217 g/mol. The van der Waals surface area contributed by atoms with E-state index in [-0.39, 0.29) is 0 Å². The van der Waals surface area contributed by atoms with Gasteiger partial charge in [-0.15, -0.1) is 11.8 Å². The quantitative estimate of drug-likeness (QED) is 0.369. The summed E-state index contributed by atoms with van der Waals surface area (Å²) in [6.45, 7) is 0. The third-order valence-electron chi connectivity index (χ3n) is 2.13. The third-order valence-corrected chi connectivity index (χ3v) is 3.02. The van der Waals surface area contributed by atoms with E-state index < -0.39 is 0 Å². The first-order chi connectivity index (χ1) is 7.40. The van der Waals surface area contributed by atoms with Crippen LogP contribution in [0.5, 0.6) is 0 Å². The van der Waals surface area contributed by atoms with Gasteiger partial charge >= 0.3 is 0 Å². The van der Waals surface area contributed by atoms with E-state index in [1.165, 1.54) is 15.7 Å². The van der Waals surface area contributed by atoms with Crippen LogP contribution in [0.15, 0.2) is 47.4 Å². The summed E-state index contributed by atoms with van der Waals surface area (Å²) in [6, 6.07) is 14.5. The lowest BCUT2D eigenvalue weighted by atomic mass is 10.1. The number of carbonyl (C=O) groups is 1. The molecule has 0 spiro atoms. The predicted molar refractivity (Wildman–Crippen MR) is 63.9 cm³/mol. The lowest BCUT2D eigenvalue weighted by molar-refractivity contribution is -0.109. The van der Waals surface area contributed by atoms with Gasteiger partial charge in [-0.25, -0.2) is 0 Å². The molecule has 0 bridgehead atoms. The van der Waals surface area contributed by atoms with E-state index in [0.717, 1.165) is 0 Å². The molecule has 0 heterocycles. The molecule has 2 rings (SSSR count). The molecule has 15 heavy (non-hydrogen) atoms. The Morgan fingerprint density at radius 1 is 1.13 bits per heavy atom. The summed E-state index contributed by atoms with van der Waals surface area (Å²) in [6.07, 6.45) is 0.716. The molecule has 0 unspecified atom stereocenters. The zero-order valence-electron chi connectivity index (χ0n) is 8.14. The Morgan fingerprint density at radius 2 is 1.93 bits per heavy atom. The van der Waals surface area contributed by atoms with Crippen molar-refractivity contribution in [3.8, 4) is 0 Å². The third kappa shape index (κ3) is 2.50. The zero-order chi connectivity index (χ0) is 10.5. The molecule has 0 aliphatic rings. The predicted octanol–water partition coefficient (Wildman–Crippen LogP) is 2.64. The number of hydrogen-bond donors (Lipinski definition) is 1. The summed E-state index contributed by atoms with van der Waals surface area (Å²) >= 11 is 1.62. The first kappa shape index (κ1) is 10.1. The highest BCUT2D eigenvalue weighted by Crippen LogP contribution is 2.22. The van der Waals surface area contributed by atoms with Crippen molar-refractivity contribution in [1.29, 1.82) is 0 Å². The van der Waals surface area contributed by atoms with Crippen molar-refractivity contribution < 1.29 is 4.79 Å². The van der Waals surface area contributed by atoms with Crippen LogP contribution in [-0.2, 0) is 4.79 Å². The number of benzene rings is 2. The van der Waals surface area contributed by atoms with E-state index in [4.69, 9.17) is 0 Å². The van der Waals surface area contributed by atoms with Gasteiger partial charge in [0, 0.05) is 4.90 Å². The number of fused-ring (bicyclic) bond motifs is 1. The molecule has 0 aromatic heterocycles. The summed E-state index contributed by atoms with van der Waals surface area (Å²) in [7, 11) is 0. The van der Waals surface area contributed by atoms with Gasteiger partial charge in [-0.1, -0.05) is 30.3 Å². The van der Waals surface area contributed by atoms with Gasteiger partial charge in [-0.2, -0.15) is 0 Å². The lowest BCUT2D eigenvalue weighted by Crippen LogP contribution is -2.08. The van der Waals surface area contributed by atoms with Gasteiger partial charge in [0.05, 0.1) is 5.88 Å². The second-order valence-electron chi connectivity index (χ2n) is 3.12. The van der Waals surface area contributed by atoms with Gasteiger partial charge in [0.1, 0.15) is 0 Å². The number of thioether (sulfide) groups is 1. The van der Waals surface area contributed by atoms with Crippen LogP contribution in [0.2, 0.25) is 0 Å². The molecule has 0 saturated heterocycles. The van der Waals surface area contributed by atoms with Crippen LogP contribution in [0, 0.1) is 0 Å². The number of nitrogens with one attached hydrogen (secondary N) is 1. The van der Waals surface area contributed by atoms with E-state index in [1.54, 1.807) is 11.8 Å². The van der Waals surface area contributed by atoms with E-state index >= 15 is 0 Å².